The first-order chi connectivity index (χ1) is 13.2. The van der Waals surface area contributed by atoms with Gasteiger partial charge in [0, 0.05) is 18.5 Å². The SMILES string of the molecule is C=CCN1C(=O)C(=C2Sc3ccccc3N2C)SC1=NCc1ccccc1. The van der Waals surface area contributed by atoms with Crippen LogP contribution in [0, 0.1) is 0 Å². The van der Waals surface area contributed by atoms with Crippen LogP contribution in [0.1, 0.15) is 5.56 Å². The predicted octanol–water partition coefficient (Wildman–Crippen LogP) is 4.72. The quantitative estimate of drug-likeness (QED) is 0.556. The van der Waals surface area contributed by atoms with E-state index in [1.54, 1.807) is 22.7 Å². The summed E-state index contributed by atoms with van der Waals surface area (Å²) < 4.78 is 0. The Hall–Kier alpha value is -2.44. The number of carbonyl (C=O) groups is 1. The second-order valence-electron chi connectivity index (χ2n) is 6.15. The van der Waals surface area contributed by atoms with Crippen LogP contribution < -0.4 is 4.90 Å². The molecule has 6 heteroatoms. The zero-order valence-electron chi connectivity index (χ0n) is 15.0. The van der Waals surface area contributed by atoms with Gasteiger partial charge in [0.25, 0.3) is 5.91 Å². The van der Waals surface area contributed by atoms with Crippen LogP contribution in [0.4, 0.5) is 5.69 Å². The van der Waals surface area contributed by atoms with Crippen LogP contribution in [0.5, 0.6) is 0 Å². The number of hydrogen-bond donors (Lipinski definition) is 0. The second kappa shape index (κ2) is 7.66. The number of nitrogens with zero attached hydrogens (tertiary/aromatic N) is 3. The molecule has 27 heavy (non-hydrogen) atoms. The van der Waals surface area contributed by atoms with E-state index in [0.29, 0.717) is 13.1 Å². The fourth-order valence-corrected chi connectivity index (χ4v) is 5.32. The molecule has 0 spiro atoms. The van der Waals surface area contributed by atoms with Gasteiger partial charge >= 0.3 is 0 Å². The molecule has 0 aliphatic carbocycles. The molecule has 1 fully saturated rings. The van der Waals surface area contributed by atoms with Crippen molar-refractivity contribution < 1.29 is 4.79 Å². The van der Waals surface area contributed by atoms with E-state index in [2.05, 4.69) is 23.6 Å². The third-order valence-electron chi connectivity index (χ3n) is 4.35. The molecule has 0 N–H and O–H groups in total. The highest BCUT2D eigenvalue weighted by atomic mass is 32.2. The molecule has 4 nitrogen and oxygen atoms in total. The summed E-state index contributed by atoms with van der Waals surface area (Å²) in [6, 6.07) is 18.3. The van der Waals surface area contributed by atoms with Gasteiger partial charge in [-0.3, -0.25) is 14.7 Å². The van der Waals surface area contributed by atoms with E-state index < -0.39 is 0 Å². The first kappa shape index (κ1) is 17.9. The second-order valence-corrected chi connectivity index (χ2v) is 8.16. The lowest BCUT2D eigenvalue weighted by molar-refractivity contribution is -0.121. The summed E-state index contributed by atoms with van der Waals surface area (Å²) in [4.78, 5) is 23.5. The Morgan fingerprint density at radius 2 is 1.81 bits per heavy atom. The summed E-state index contributed by atoms with van der Waals surface area (Å²) in [7, 11) is 2.01. The highest BCUT2D eigenvalue weighted by molar-refractivity contribution is 8.19. The molecule has 1 amide bonds. The van der Waals surface area contributed by atoms with E-state index in [-0.39, 0.29) is 5.91 Å². The lowest BCUT2D eigenvalue weighted by atomic mass is 10.2. The molecule has 0 saturated carbocycles. The number of benzene rings is 2. The fourth-order valence-electron chi connectivity index (χ4n) is 2.99. The van der Waals surface area contributed by atoms with Crippen LogP contribution >= 0.6 is 23.5 Å². The molecule has 2 heterocycles. The van der Waals surface area contributed by atoms with E-state index in [1.165, 1.54) is 16.7 Å². The molecule has 0 bridgehead atoms. The van der Waals surface area contributed by atoms with Crippen molar-refractivity contribution in [2.24, 2.45) is 4.99 Å². The molecule has 0 radical (unpaired) electrons. The fraction of sp³-hybridized carbons (Fsp3) is 0.143. The number of amidine groups is 1. The van der Waals surface area contributed by atoms with Crippen molar-refractivity contribution in [2.45, 2.75) is 11.4 Å². The lowest BCUT2D eigenvalue weighted by Gasteiger charge is -2.15. The number of aliphatic imine (C=N–C) groups is 1. The van der Waals surface area contributed by atoms with Crippen LogP contribution in [-0.2, 0) is 11.3 Å². The van der Waals surface area contributed by atoms with Gasteiger partial charge in [0.15, 0.2) is 5.17 Å². The van der Waals surface area contributed by atoms with Crippen LogP contribution in [0.15, 0.2) is 87.1 Å². The zero-order valence-corrected chi connectivity index (χ0v) is 16.6. The molecular formula is C21H19N3OS2. The Bertz CT molecular complexity index is 953. The molecular weight excluding hydrogens is 374 g/mol. The normalized spacial score (nSPS) is 20.5. The van der Waals surface area contributed by atoms with E-state index in [0.717, 1.165) is 26.4 Å². The Morgan fingerprint density at radius 3 is 2.56 bits per heavy atom. The molecule has 136 valence electrons. The predicted molar refractivity (Wildman–Crippen MR) is 115 cm³/mol. The smallest absolute Gasteiger partial charge is 0.269 e. The third-order valence-corrected chi connectivity index (χ3v) is 6.82. The Morgan fingerprint density at radius 1 is 1.07 bits per heavy atom. The van der Waals surface area contributed by atoms with E-state index >= 15 is 0 Å². The third kappa shape index (κ3) is 3.42. The van der Waals surface area contributed by atoms with Crippen molar-refractivity contribution in [1.82, 2.24) is 4.90 Å². The summed E-state index contributed by atoms with van der Waals surface area (Å²) in [5, 5.41) is 1.70. The molecule has 0 unspecified atom stereocenters. The largest absolute Gasteiger partial charge is 0.337 e. The minimum atomic E-state index is -0.00568. The van der Waals surface area contributed by atoms with Gasteiger partial charge in [-0.1, -0.05) is 60.3 Å². The Kier molecular flexibility index (Phi) is 5.09. The van der Waals surface area contributed by atoms with Crippen molar-refractivity contribution in [3.63, 3.8) is 0 Å². The van der Waals surface area contributed by atoms with Crippen molar-refractivity contribution in [2.75, 3.05) is 18.5 Å². The molecule has 0 atom stereocenters. The number of para-hydroxylation sites is 1. The van der Waals surface area contributed by atoms with E-state index in [1.807, 2.05) is 49.5 Å². The average Bonchev–Trinajstić information content (AvgIpc) is 3.19. The summed E-state index contributed by atoms with van der Waals surface area (Å²) in [5.74, 6) is -0.00568. The molecule has 2 aliphatic heterocycles. The molecule has 2 aromatic rings. The maximum absolute atomic E-state index is 13.1. The van der Waals surface area contributed by atoms with Crippen molar-refractivity contribution in [3.8, 4) is 0 Å². The van der Waals surface area contributed by atoms with Gasteiger partial charge in [0.1, 0.15) is 4.91 Å². The van der Waals surface area contributed by atoms with Gasteiger partial charge in [-0.2, -0.15) is 0 Å². The highest BCUT2D eigenvalue weighted by Gasteiger charge is 2.38. The van der Waals surface area contributed by atoms with Gasteiger partial charge in [0.2, 0.25) is 0 Å². The first-order valence-electron chi connectivity index (χ1n) is 8.63. The van der Waals surface area contributed by atoms with Crippen molar-refractivity contribution >= 4 is 40.3 Å². The average molecular weight is 394 g/mol. The minimum absolute atomic E-state index is 0.00568. The van der Waals surface area contributed by atoms with Gasteiger partial charge in [-0.15, -0.1) is 6.58 Å². The van der Waals surface area contributed by atoms with Crippen LogP contribution in [0.25, 0.3) is 0 Å². The first-order valence-corrected chi connectivity index (χ1v) is 10.3. The highest BCUT2D eigenvalue weighted by Crippen LogP contribution is 2.49. The summed E-state index contributed by atoms with van der Waals surface area (Å²) >= 11 is 3.09. The van der Waals surface area contributed by atoms with Crippen molar-refractivity contribution in [3.05, 3.63) is 82.7 Å². The van der Waals surface area contributed by atoms with Gasteiger partial charge in [0.05, 0.1) is 17.3 Å². The van der Waals surface area contributed by atoms with Crippen LogP contribution in [0.3, 0.4) is 0 Å². The minimum Gasteiger partial charge on any atom is -0.337 e. The van der Waals surface area contributed by atoms with Gasteiger partial charge < -0.3 is 4.90 Å². The molecule has 0 aromatic heterocycles. The number of fused-ring (bicyclic) bond motifs is 1. The number of carbonyl (C=O) groups excluding carboxylic acids is 1. The van der Waals surface area contributed by atoms with E-state index in [9.17, 15) is 4.79 Å². The number of thioether (sulfide) groups is 2. The molecule has 2 aromatic carbocycles. The molecule has 1 saturated heterocycles. The number of amides is 1. The topological polar surface area (TPSA) is 35.9 Å². The Balaban J connectivity index is 1.66. The maximum atomic E-state index is 13.1. The van der Waals surface area contributed by atoms with Crippen molar-refractivity contribution in [1.29, 1.82) is 0 Å². The molecule has 4 rings (SSSR count). The van der Waals surface area contributed by atoms with E-state index in [4.69, 9.17) is 4.99 Å². The van der Waals surface area contributed by atoms with Gasteiger partial charge in [-0.25, -0.2) is 0 Å². The zero-order chi connectivity index (χ0) is 18.8. The summed E-state index contributed by atoms with van der Waals surface area (Å²) in [6.07, 6.45) is 1.74. The number of anilines is 1. The monoisotopic (exact) mass is 393 g/mol. The Labute approximate surface area is 167 Å². The number of hydrogen-bond acceptors (Lipinski definition) is 5. The maximum Gasteiger partial charge on any atom is 0.269 e. The summed E-state index contributed by atoms with van der Waals surface area (Å²) in [5.41, 5.74) is 2.25. The van der Waals surface area contributed by atoms with Crippen LogP contribution in [0.2, 0.25) is 0 Å². The molecule has 2 aliphatic rings. The number of rotatable bonds is 4. The van der Waals surface area contributed by atoms with Crippen LogP contribution in [-0.4, -0.2) is 29.6 Å². The lowest BCUT2D eigenvalue weighted by Crippen LogP contribution is -2.29. The summed E-state index contributed by atoms with van der Waals surface area (Å²) in [6.45, 7) is 4.80. The standard InChI is InChI=1S/C21H19N3OS2/c1-3-13-24-19(25)18(20-23(2)16-11-7-8-12-17(16)26-20)27-21(24)22-14-15-9-5-4-6-10-15/h3-12H,1,13-14H2,2H3. The van der Waals surface area contributed by atoms with Gasteiger partial charge in [-0.05, 0) is 29.5 Å².